The van der Waals surface area contributed by atoms with Crippen molar-refractivity contribution in [2.24, 2.45) is 0 Å². The summed E-state index contributed by atoms with van der Waals surface area (Å²) in [6.07, 6.45) is 3.87. The Kier molecular flexibility index (Phi) is 5.79. The van der Waals surface area contributed by atoms with Crippen LogP contribution in [0.15, 0.2) is 24.5 Å². The van der Waals surface area contributed by atoms with Gasteiger partial charge in [0.25, 0.3) is 0 Å². The lowest BCUT2D eigenvalue weighted by Crippen LogP contribution is -2.31. The monoisotopic (exact) mass is 296 g/mol. The Morgan fingerprint density at radius 2 is 2.20 bits per heavy atom. The fraction of sp³-hybridized carbons (Fsp3) is 0.500. The van der Waals surface area contributed by atoms with Gasteiger partial charge in [0.1, 0.15) is 5.65 Å². The van der Waals surface area contributed by atoms with Crippen molar-refractivity contribution < 1.29 is 4.74 Å². The lowest BCUT2D eigenvalue weighted by atomic mass is 10.4. The Morgan fingerprint density at radius 3 is 3.00 bits per heavy atom. The minimum atomic E-state index is 0.717. The van der Waals surface area contributed by atoms with Crippen LogP contribution in [0.25, 0.3) is 5.65 Å². The zero-order chi connectivity index (χ0) is 14.4. The standard InChI is InChI=1S/C14H21ClN4O/c1-18(7-8-20-2)6-5-16-9-13-11-19-10-12(15)3-4-14(19)17-13/h3-4,10-11,16H,5-9H2,1-2H3. The quantitative estimate of drug-likeness (QED) is 0.752. The zero-order valence-corrected chi connectivity index (χ0v) is 12.7. The molecule has 2 heterocycles. The summed E-state index contributed by atoms with van der Waals surface area (Å²) in [6, 6.07) is 3.77. The normalized spacial score (nSPS) is 11.6. The van der Waals surface area contributed by atoms with Crippen LogP contribution in [-0.2, 0) is 11.3 Å². The lowest BCUT2D eigenvalue weighted by molar-refractivity contribution is 0.161. The molecule has 0 saturated carbocycles. The molecule has 6 heteroatoms. The molecular formula is C14H21ClN4O. The molecule has 20 heavy (non-hydrogen) atoms. The highest BCUT2D eigenvalue weighted by molar-refractivity contribution is 6.30. The second kappa shape index (κ2) is 7.59. The summed E-state index contributed by atoms with van der Waals surface area (Å²) in [5.41, 5.74) is 1.94. The highest BCUT2D eigenvalue weighted by Crippen LogP contribution is 2.11. The first kappa shape index (κ1) is 15.3. The molecule has 0 unspecified atom stereocenters. The Hall–Kier alpha value is -1.14. The number of imidazole rings is 1. The maximum Gasteiger partial charge on any atom is 0.137 e. The summed E-state index contributed by atoms with van der Waals surface area (Å²) in [5, 5.41) is 4.11. The van der Waals surface area contributed by atoms with Gasteiger partial charge in [-0.25, -0.2) is 4.98 Å². The van der Waals surface area contributed by atoms with Crippen LogP contribution < -0.4 is 5.32 Å². The van der Waals surface area contributed by atoms with E-state index >= 15 is 0 Å². The highest BCUT2D eigenvalue weighted by Gasteiger charge is 2.02. The first-order chi connectivity index (χ1) is 9.69. The third-order valence-electron chi connectivity index (χ3n) is 3.12. The van der Waals surface area contributed by atoms with E-state index in [4.69, 9.17) is 16.3 Å². The van der Waals surface area contributed by atoms with Gasteiger partial charge in [-0.3, -0.25) is 0 Å². The third kappa shape index (κ3) is 4.45. The van der Waals surface area contributed by atoms with E-state index in [1.807, 2.05) is 28.9 Å². The van der Waals surface area contributed by atoms with Crippen molar-refractivity contribution in [3.05, 3.63) is 35.2 Å². The molecule has 0 spiro atoms. The number of nitrogens with zero attached hydrogens (tertiary/aromatic N) is 3. The average Bonchev–Trinajstić information content (AvgIpc) is 2.83. The van der Waals surface area contributed by atoms with Crippen molar-refractivity contribution >= 4 is 17.2 Å². The van der Waals surface area contributed by atoms with Gasteiger partial charge in [0, 0.05) is 45.7 Å². The second-order valence-electron chi connectivity index (χ2n) is 4.82. The molecule has 0 saturated heterocycles. The van der Waals surface area contributed by atoms with Gasteiger partial charge in [0.2, 0.25) is 0 Å². The number of hydrogen-bond acceptors (Lipinski definition) is 4. The number of likely N-dealkylation sites (N-methyl/N-ethyl adjacent to an activating group) is 1. The van der Waals surface area contributed by atoms with E-state index in [0.717, 1.165) is 44.1 Å². The molecule has 5 nitrogen and oxygen atoms in total. The molecule has 0 fully saturated rings. The fourth-order valence-corrected chi connectivity index (χ4v) is 2.12. The molecular weight excluding hydrogens is 276 g/mol. The zero-order valence-electron chi connectivity index (χ0n) is 12.0. The van der Waals surface area contributed by atoms with Crippen molar-refractivity contribution in [2.75, 3.05) is 40.4 Å². The minimum Gasteiger partial charge on any atom is -0.383 e. The van der Waals surface area contributed by atoms with E-state index < -0.39 is 0 Å². The summed E-state index contributed by atoms with van der Waals surface area (Å²) in [4.78, 5) is 6.76. The largest absolute Gasteiger partial charge is 0.383 e. The maximum absolute atomic E-state index is 5.95. The van der Waals surface area contributed by atoms with Gasteiger partial charge in [0.05, 0.1) is 17.3 Å². The molecule has 0 radical (unpaired) electrons. The number of fused-ring (bicyclic) bond motifs is 1. The van der Waals surface area contributed by atoms with Crippen molar-refractivity contribution in [1.82, 2.24) is 19.6 Å². The van der Waals surface area contributed by atoms with Gasteiger partial charge in [0.15, 0.2) is 0 Å². The van der Waals surface area contributed by atoms with Crippen molar-refractivity contribution in [1.29, 1.82) is 0 Å². The van der Waals surface area contributed by atoms with Crippen molar-refractivity contribution in [3.63, 3.8) is 0 Å². The van der Waals surface area contributed by atoms with Crippen LogP contribution in [0.4, 0.5) is 0 Å². The number of pyridine rings is 1. The molecule has 0 atom stereocenters. The minimum absolute atomic E-state index is 0.717. The Labute approximate surface area is 124 Å². The summed E-state index contributed by atoms with van der Waals surface area (Å²) in [5.74, 6) is 0. The molecule has 0 amide bonds. The van der Waals surface area contributed by atoms with E-state index in [0.29, 0.717) is 5.02 Å². The molecule has 0 bridgehead atoms. The van der Waals surface area contributed by atoms with Crippen LogP contribution in [0.5, 0.6) is 0 Å². The van der Waals surface area contributed by atoms with E-state index in [1.54, 1.807) is 7.11 Å². The van der Waals surface area contributed by atoms with E-state index in [-0.39, 0.29) is 0 Å². The van der Waals surface area contributed by atoms with E-state index in [9.17, 15) is 0 Å². The molecule has 0 aliphatic carbocycles. The maximum atomic E-state index is 5.95. The predicted molar refractivity (Wildman–Crippen MR) is 81.3 cm³/mol. The number of ether oxygens (including phenoxy) is 1. The second-order valence-corrected chi connectivity index (χ2v) is 5.25. The predicted octanol–water partition coefficient (Wildman–Crippen LogP) is 1.66. The number of halogens is 1. The first-order valence-corrected chi connectivity index (χ1v) is 7.08. The number of methoxy groups -OCH3 is 1. The molecule has 2 rings (SSSR count). The van der Waals surface area contributed by atoms with E-state index in [2.05, 4.69) is 22.2 Å². The number of rotatable bonds is 8. The number of aromatic nitrogens is 2. The SMILES string of the molecule is COCCN(C)CCNCc1cn2cc(Cl)ccc2n1. The molecule has 0 aliphatic heterocycles. The van der Waals surface area contributed by atoms with Crippen LogP contribution >= 0.6 is 11.6 Å². The smallest absolute Gasteiger partial charge is 0.137 e. The molecule has 1 N–H and O–H groups in total. The molecule has 0 aliphatic rings. The topological polar surface area (TPSA) is 41.8 Å². The van der Waals surface area contributed by atoms with Gasteiger partial charge in [-0.05, 0) is 19.2 Å². The van der Waals surface area contributed by atoms with Crippen LogP contribution in [0, 0.1) is 0 Å². The summed E-state index contributed by atoms with van der Waals surface area (Å²) in [7, 11) is 3.81. The van der Waals surface area contributed by atoms with Crippen LogP contribution in [0.1, 0.15) is 5.69 Å². The van der Waals surface area contributed by atoms with Gasteiger partial charge >= 0.3 is 0 Å². The Balaban J connectivity index is 1.75. The number of nitrogens with one attached hydrogen (secondary N) is 1. The summed E-state index contributed by atoms with van der Waals surface area (Å²) >= 11 is 5.95. The van der Waals surface area contributed by atoms with Gasteiger partial charge in [-0.15, -0.1) is 0 Å². The Bertz CT molecular complexity index is 543. The fourth-order valence-electron chi connectivity index (χ4n) is 1.95. The summed E-state index contributed by atoms with van der Waals surface area (Å²) < 4.78 is 6.99. The highest BCUT2D eigenvalue weighted by atomic mass is 35.5. The van der Waals surface area contributed by atoms with Crippen molar-refractivity contribution in [3.8, 4) is 0 Å². The van der Waals surface area contributed by atoms with Crippen LogP contribution in [0.3, 0.4) is 0 Å². The molecule has 2 aromatic rings. The lowest BCUT2D eigenvalue weighted by Gasteiger charge is -2.15. The van der Waals surface area contributed by atoms with Crippen LogP contribution in [-0.4, -0.2) is 54.7 Å². The molecule has 110 valence electrons. The summed E-state index contributed by atoms with van der Waals surface area (Å²) in [6.45, 7) is 4.39. The van der Waals surface area contributed by atoms with Gasteiger partial charge in [-0.2, -0.15) is 0 Å². The van der Waals surface area contributed by atoms with Crippen molar-refractivity contribution in [2.45, 2.75) is 6.54 Å². The average molecular weight is 297 g/mol. The van der Waals surface area contributed by atoms with Gasteiger partial charge < -0.3 is 19.4 Å². The third-order valence-corrected chi connectivity index (χ3v) is 3.34. The number of hydrogen-bond donors (Lipinski definition) is 1. The van der Waals surface area contributed by atoms with Gasteiger partial charge in [-0.1, -0.05) is 11.6 Å². The molecule has 2 aromatic heterocycles. The molecule has 0 aromatic carbocycles. The van der Waals surface area contributed by atoms with E-state index in [1.165, 1.54) is 0 Å². The first-order valence-electron chi connectivity index (χ1n) is 6.70. The Morgan fingerprint density at radius 1 is 1.35 bits per heavy atom. The van der Waals surface area contributed by atoms with Crippen LogP contribution in [0.2, 0.25) is 5.02 Å².